The van der Waals surface area contributed by atoms with E-state index in [9.17, 15) is 14.4 Å². The molecule has 1 aromatic carbocycles. The Bertz CT molecular complexity index is 596. The maximum absolute atomic E-state index is 12.5. The summed E-state index contributed by atoms with van der Waals surface area (Å²) in [5, 5.41) is 5.28. The summed E-state index contributed by atoms with van der Waals surface area (Å²) in [7, 11) is 0. The maximum atomic E-state index is 12.5. The van der Waals surface area contributed by atoms with E-state index in [2.05, 4.69) is 10.6 Å². The van der Waals surface area contributed by atoms with Gasteiger partial charge in [-0.1, -0.05) is 71.4 Å². The van der Waals surface area contributed by atoms with Crippen LogP contribution in [-0.2, 0) is 20.9 Å². The van der Waals surface area contributed by atoms with E-state index in [0.29, 0.717) is 12.7 Å². The first-order valence-corrected chi connectivity index (χ1v) is 8.92. The molecule has 1 rings (SSSR count). The van der Waals surface area contributed by atoms with E-state index >= 15 is 0 Å². The van der Waals surface area contributed by atoms with E-state index < -0.39 is 29.5 Å². The lowest BCUT2D eigenvalue weighted by Crippen LogP contribution is -2.54. The van der Waals surface area contributed by atoms with Gasteiger partial charge in [-0.05, 0) is 16.9 Å². The molecule has 0 aliphatic carbocycles. The Morgan fingerprint density at radius 1 is 1.15 bits per heavy atom. The first kappa shape index (κ1) is 21.7. The second-order valence-electron chi connectivity index (χ2n) is 7.55. The van der Waals surface area contributed by atoms with Crippen LogP contribution in [0, 0.1) is 11.3 Å². The molecule has 0 bridgehead atoms. The monoisotopic (exact) mass is 362 g/mol. The van der Waals surface area contributed by atoms with Gasteiger partial charge in [0.25, 0.3) is 0 Å². The molecule has 0 radical (unpaired) electrons. The Kier molecular flexibility index (Phi) is 8.29. The zero-order valence-electron chi connectivity index (χ0n) is 16.2. The van der Waals surface area contributed by atoms with Gasteiger partial charge in [0.15, 0.2) is 0 Å². The number of aldehydes is 1. The van der Waals surface area contributed by atoms with Gasteiger partial charge in [0, 0.05) is 0 Å². The molecule has 0 fully saturated rings. The average Bonchev–Trinajstić information content (AvgIpc) is 2.61. The Morgan fingerprint density at radius 3 is 2.27 bits per heavy atom. The lowest BCUT2D eigenvalue weighted by Gasteiger charge is -2.28. The van der Waals surface area contributed by atoms with Crippen LogP contribution in [0.25, 0.3) is 0 Å². The van der Waals surface area contributed by atoms with Crippen LogP contribution in [0.4, 0.5) is 4.79 Å². The van der Waals surface area contributed by atoms with Crippen molar-refractivity contribution in [3.63, 3.8) is 0 Å². The highest BCUT2D eigenvalue weighted by Gasteiger charge is 2.30. The summed E-state index contributed by atoms with van der Waals surface area (Å²) in [6, 6.07) is 7.36. The van der Waals surface area contributed by atoms with E-state index in [1.54, 1.807) is 0 Å². The summed E-state index contributed by atoms with van der Waals surface area (Å²) in [5.41, 5.74) is 0.459. The standard InChI is InChI=1S/C20H30N2O4/c1-6-14(2)17(18(24)26-13-15-10-8-7-9-11-15)22-19(25)21-16(12-23)20(3,4)5/h7-12,14,16-17H,6,13H2,1-5H3,(H2,21,22,25)/t14-,16-,17?/m1/s1. The molecule has 2 amide bonds. The highest BCUT2D eigenvalue weighted by atomic mass is 16.5. The van der Waals surface area contributed by atoms with Crippen molar-refractivity contribution >= 4 is 18.3 Å². The van der Waals surface area contributed by atoms with Crippen molar-refractivity contribution in [1.82, 2.24) is 10.6 Å². The van der Waals surface area contributed by atoms with Crippen molar-refractivity contribution in [2.24, 2.45) is 11.3 Å². The minimum atomic E-state index is -0.781. The second-order valence-corrected chi connectivity index (χ2v) is 7.55. The molecule has 1 unspecified atom stereocenters. The quantitative estimate of drug-likeness (QED) is 0.550. The highest BCUT2D eigenvalue weighted by Crippen LogP contribution is 2.17. The number of ether oxygens (including phenoxy) is 1. The number of hydrogen-bond donors (Lipinski definition) is 2. The van der Waals surface area contributed by atoms with Crippen LogP contribution in [0.1, 0.15) is 46.6 Å². The van der Waals surface area contributed by atoms with Gasteiger partial charge in [-0.2, -0.15) is 0 Å². The van der Waals surface area contributed by atoms with Crippen LogP contribution < -0.4 is 10.6 Å². The Balaban J connectivity index is 2.72. The molecule has 3 atom stereocenters. The number of rotatable bonds is 8. The average molecular weight is 362 g/mol. The molecule has 0 spiro atoms. The normalized spacial score (nSPS) is 14.7. The van der Waals surface area contributed by atoms with E-state index in [1.807, 2.05) is 65.0 Å². The summed E-state index contributed by atoms with van der Waals surface area (Å²) in [6.45, 7) is 9.52. The molecule has 26 heavy (non-hydrogen) atoms. The molecule has 6 heteroatoms. The first-order chi connectivity index (χ1) is 12.2. The van der Waals surface area contributed by atoms with Crippen molar-refractivity contribution in [1.29, 1.82) is 0 Å². The SMILES string of the molecule is CC[C@@H](C)C(NC(=O)N[C@H](C=O)C(C)(C)C)C(=O)OCc1ccccc1. The van der Waals surface area contributed by atoms with Crippen molar-refractivity contribution in [3.8, 4) is 0 Å². The molecule has 2 N–H and O–H groups in total. The summed E-state index contributed by atoms with van der Waals surface area (Å²) in [6.07, 6.45) is 1.40. The largest absolute Gasteiger partial charge is 0.459 e. The van der Waals surface area contributed by atoms with E-state index in [0.717, 1.165) is 5.56 Å². The predicted molar refractivity (Wildman–Crippen MR) is 100 cm³/mol. The third kappa shape index (κ3) is 6.86. The Morgan fingerprint density at radius 2 is 1.77 bits per heavy atom. The molecule has 0 aliphatic heterocycles. The Labute approximate surface area is 155 Å². The van der Waals surface area contributed by atoms with Crippen molar-refractivity contribution < 1.29 is 19.1 Å². The number of hydrogen-bond acceptors (Lipinski definition) is 4. The molecule has 144 valence electrons. The molecule has 1 aromatic rings. The zero-order valence-corrected chi connectivity index (χ0v) is 16.2. The summed E-state index contributed by atoms with van der Waals surface area (Å²) < 4.78 is 5.36. The van der Waals surface area contributed by atoms with Gasteiger partial charge >= 0.3 is 12.0 Å². The number of benzene rings is 1. The highest BCUT2D eigenvalue weighted by molar-refractivity contribution is 5.85. The molecule has 0 saturated heterocycles. The van der Waals surface area contributed by atoms with E-state index in [1.165, 1.54) is 0 Å². The van der Waals surface area contributed by atoms with Crippen LogP contribution >= 0.6 is 0 Å². The van der Waals surface area contributed by atoms with Crippen LogP contribution in [0.5, 0.6) is 0 Å². The van der Waals surface area contributed by atoms with Gasteiger partial charge in [0.05, 0.1) is 6.04 Å². The summed E-state index contributed by atoms with van der Waals surface area (Å²) in [5.74, 6) is -0.592. The van der Waals surface area contributed by atoms with Gasteiger partial charge in [0.1, 0.15) is 18.9 Å². The second kappa shape index (κ2) is 9.94. The predicted octanol–water partition coefficient (Wildman–Crippen LogP) is 3.06. The van der Waals surface area contributed by atoms with Crippen molar-refractivity contribution in [3.05, 3.63) is 35.9 Å². The lowest BCUT2D eigenvalue weighted by molar-refractivity contribution is -0.148. The number of esters is 1. The van der Waals surface area contributed by atoms with E-state index in [4.69, 9.17) is 4.74 Å². The molecule has 0 heterocycles. The van der Waals surface area contributed by atoms with Gasteiger partial charge < -0.3 is 20.2 Å². The third-order valence-corrected chi connectivity index (χ3v) is 4.33. The summed E-state index contributed by atoms with van der Waals surface area (Å²) in [4.78, 5) is 36.0. The smallest absolute Gasteiger partial charge is 0.329 e. The summed E-state index contributed by atoms with van der Waals surface area (Å²) >= 11 is 0. The molecule has 0 aliphatic rings. The minimum absolute atomic E-state index is 0.103. The van der Waals surface area contributed by atoms with Crippen molar-refractivity contribution in [2.75, 3.05) is 0 Å². The number of amides is 2. The molecular weight excluding hydrogens is 332 g/mol. The van der Waals surface area contributed by atoms with Gasteiger partial charge in [0.2, 0.25) is 0 Å². The molecule has 6 nitrogen and oxygen atoms in total. The fourth-order valence-electron chi connectivity index (χ4n) is 2.27. The number of nitrogens with one attached hydrogen (secondary N) is 2. The number of carbonyl (C=O) groups excluding carboxylic acids is 3. The van der Waals surface area contributed by atoms with E-state index in [-0.39, 0.29) is 12.5 Å². The fraction of sp³-hybridized carbons (Fsp3) is 0.550. The fourth-order valence-corrected chi connectivity index (χ4v) is 2.27. The minimum Gasteiger partial charge on any atom is -0.459 e. The first-order valence-electron chi connectivity index (χ1n) is 8.92. The van der Waals surface area contributed by atoms with Gasteiger partial charge in [-0.15, -0.1) is 0 Å². The van der Waals surface area contributed by atoms with Crippen LogP contribution in [-0.4, -0.2) is 30.4 Å². The van der Waals surface area contributed by atoms with Crippen molar-refractivity contribution in [2.45, 2.75) is 59.7 Å². The Hall–Kier alpha value is -2.37. The van der Waals surface area contributed by atoms with Crippen LogP contribution in [0.15, 0.2) is 30.3 Å². The van der Waals surface area contributed by atoms with Gasteiger partial charge in [-0.3, -0.25) is 0 Å². The zero-order chi connectivity index (χ0) is 19.7. The molecule has 0 saturated carbocycles. The number of urea groups is 1. The molecule has 0 aromatic heterocycles. The third-order valence-electron chi connectivity index (χ3n) is 4.33. The maximum Gasteiger partial charge on any atom is 0.329 e. The molecular formula is C20H30N2O4. The van der Waals surface area contributed by atoms with Crippen LogP contribution in [0.3, 0.4) is 0 Å². The van der Waals surface area contributed by atoms with Crippen LogP contribution in [0.2, 0.25) is 0 Å². The topological polar surface area (TPSA) is 84.5 Å². The number of carbonyl (C=O) groups is 3. The van der Waals surface area contributed by atoms with Gasteiger partial charge in [-0.25, -0.2) is 9.59 Å². The lowest BCUT2D eigenvalue weighted by atomic mass is 9.88.